The fourth-order valence-corrected chi connectivity index (χ4v) is 1.98. The molecule has 0 atom stereocenters. The van der Waals surface area contributed by atoms with Crippen LogP contribution in [0.5, 0.6) is 0 Å². The lowest BCUT2D eigenvalue weighted by Crippen LogP contribution is -2.05. The molecule has 14 heavy (non-hydrogen) atoms. The van der Waals surface area contributed by atoms with Gasteiger partial charge in [0.15, 0.2) is 4.91 Å². The summed E-state index contributed by atoms with van der Waals surface area (Å²) in [6, 6.07) is 9.22. The van der Waals surface area contributed by atoms with Crippen LogP contribution in [0.2, 0.25) is 0 Å². The number of rotatable bonds is 2. The van der Waals surface area contributed by atoms with E-state index in [4.69, 9.17) is 11.0 Å². The summed E-state index contributed by atoms with van der Waals surface area (Å²) in [4.78, 5) is -0.373. The smallest absolute Gasteiger partial charge is 0.218 e. The van der Waals surface area contributed by atoms with Crippen LogP contribution in [0.4, 0.5) is 0 Å². The normalized spacial score (nSPS) is 12.1. The lowest BCUT2D eigenvalue weighted by atomic mass is 10.4. The molecule has 0 saturated heterocycles. The van der Waals surface area contributed by atoms with Crippen molar-refractivity contribution in [3.05, 3.63) is 41.4 Å². The van der Waals surface area contributed by atoms with Gasteiger partial charge >= 0.3 is 0 Å². The third-order valence-electron chi connectivity index (χ3n) is 1.60. The molecule has 4 nitrogen and oxygen atoms in total. The summed E-state index contributed by atoms with van der Waals surface area (Å²) in [6.07, 6.45) is 0.794. The molecule has 0 bridgehead atoms. The third kappa shape index (κ3) is 1.75. The minimum atomic E-state index is -3.73. The molecule has 0 aliphatic heterocycles. The van der Waals surface area contributed by atoms with Crippen LogP contribution in [-0.2, 0) is 9.84 Å². The Kier molecular flexibility index (Phi) is 2.89. The number of sulfone groups is 1. The molecule has 0 amide bonds. The molecular formula is C9H8N2O2S. The lowest BCUT2D eigenvalue weighted by Gasteiger charge is -2.00. The molecule has 0 fully saturated rings. The molecule has 5 heteroatoms. The average Bonchev–Trinajstić information content (AvgIpc) is 2.20. The second kappa shape index (κ2) is 3.94. The van der Waals surface area contributed by atoms with Gasteiger partial charge in [-0.15, -0.1) is 0 Å². The number of nitrogens with zero attached hydrogens (tertiary/aromatic N) is 1. The van der Waals surface area contributed by atoms with Gasteiger partial charge in [-0.25, -0.2) is 8.42 Å². The van der Waals surface area contributed by atoms with E-state index in [1.807, 2.05) is 0 Å². The Bertz CT molecular complexity index is 483. The highest BCUT2D eigenvalue weighted by Crippen LogP contribution is 2.16. The van der Waals surface area contributed by atoms with Crippen molar-refractivity contribution >= 4 is 9.84 Å². The Labute approximate surface area is 82.2 Å². The van der Waals surface area contributed by atoms with Gasteiger partial charge in [0.25, 0.3) is 0 Å². The zero-order valence-corrected chi connectivity index (χ0v) is 8.03. The Morgan fingerprint density at radius 3 is 2.36 bits per heavy atom. The zero-order valence-electron chi connectivity index (χ0n) is 7.21. The van der Waals surface area contributed by atoms with Gasteiger partial charge in [-0.3, -0.25) is 0 Å². The van der Waals surface area contributed by atoms with Crippen LogP contribution in [0, 0.1) is 11.3 Å². The molecule has 0 radical (unpaired) electrons. The van der Waals surface area contributed by atoms with Crippen LogP contribution in [-0.4, -0.2) is 8.42 Å². The van der Waals surface area contributed by atoms with Gasteiger partial charge in [-0.2, -0.15) is 5.26 Å². The largest absolute Gasteiger partial charge is 0.403 e. The second-order valence-corrected chi connectivity index (χ2v) is 4.38. The van der Waals surface area contributed by atoms with Crippen molar-refractivity contribution < 1.29 is 8.42 Å². The van der Waals surface area contributed by atoms with E-state index in [0.29, 0.717) is 0 Å². The molecule has 0 aliphatic rings. The van der Waals surface area contributed by atoms with Gasteiger partial charge in [0, 0.05) is 6.20 Å². The van der Waals surface area contributed by atoms with E-state index >= 15 is 0 Å². The van der Waals surface area contributed by atoms with Gasteiger partial charge < -0.3 is 5.73 Å². The van der Waals surface area contributed by atoms with Gasteiger partial charge in [-0.1, -0.05) is 18.2 Å². The molecule has 0 unspecified atom stereocenters. The van der Waals surface area contributed by atoms with E-state index < -0.39 is 14.7 Å². The number of nitriles is 1. The number of allylic oxidation sites excluding steroid dienone is 1. The highest BCUT2D eigenvalue weighted by Gasteiger charge is 2.19. The van der Waals surface area contributed by atoms with Crippen molar-refractivity contribution in [3.8, 4) is 6.07 Å². The first-order chi connectivity index (χ1) is 6.62. The van der Waals surface area contributed by atoms with Crippen molar-refractivity contribution in [1.82, 2.24) is 0 Å². The zero-order chi connectivity index (χ0) is 10.6. The molecule has 0 spiro atoms. The van der Waals surface area contributed by atoms with Crippen LogP contribution in [0.3, 0.4) is 0 Å². The van der Waals surface area contributed by atoms with E-state index in [2.05, 4.69) is 0 Å². The van der Waals surface area contributed by atoms with Crippen LogP contribution < -0.4 is 5.73 Å². The van der Waals surface area contributed by atoms with E-state index in [1.165, 1.54) is 18.2 Å². The molecule has 1 rings (SSSR count). The maximum atomic E-state index is 11.6. The summed E-state index contributed by atoms with van der Waals surface area (Å²) in [5.74, 6) is 0. The first-order valence-corrected chi connectivity index (χ1v) is 5.23. The topological polar surface area (TPSA) is 83.9 Å². The van der Waals surface area contributed by atoms with E-state index in [1.54, 1.807) is 18.2 Å². The van der Waals surface area contributed by atoms with Crippen molar-refractivity contribution in [2.75, 3.05) is 0 Å². The molecular weight excluding hydrogens is 200 g/mol. The Hall–Kier alpha value is -1.80. The number of hydrogen-bond acceptors (Lipinski definition) is 4. The van der Waals surface area contributed by atoms with Gasteiger partial charge in [-0.05, 0) is 12.1 Å². The molecule has 0 heterocycles. The minimum absolute atomic E-state index is 0.0678. The number of hydrogen-bond donors (Lipinski definition) is 1. The lowest BCUT2D eigenvalue weighted by molar-refractivity contribution is 0.603. The van der Waals surface area contributed by atoms with Crippen molar-refractivity contribution in [3.63, 3.8) is 0 Å². The quantitative estimate of drug-likeness (QED) is 0.728. The number of benzene rings is 1. The fraction of sp³-hybridized carbons (Fsp3) is 0. The maximum absolute atomic E-state index is 11.6. The predicted octanol–water partition coefficient (Wildman–Crippen LogP) is 0.784. The predicted molar refractivity (Wildman–Crippen MR) is 51.5 cm³/mol. The summed E-state index contributed by atoms with van der Waals surface area (Å²) in [6.45, 7) is 0. The molecule has 1 aromatic rings. The molecule has 72 valence electrons. The van der Waals surface area contributed by atoms with Gasteiger partial charge in [0.1, 0.15) is 6.07 Å². The monoisotopic (exact) mass is 208 g/mol. The number of nitrogens with two attached hydrogens (primary N) is 1. The minimum Gasteiger partial charge on any atom is -0.403 e. The van der Waals surface area contributed by atoms with E-state index in [-0.39, 0.29) is 4.90 Å². The highest BCUT2D eigenvalue weighted by atomic mass is 32.2. The Morgan fingerprint density at radius 2 is 1.93 bits per heavy atom. The summed E-state index contributed by atoms with van der Waals surface area (Å²) >= 11 is 0. The molecule has 0 saturated carbocycles. The molecule has 0 aromatic heterocycles. The van der Waals surface area contributed by atoms with Crippen LogP contribution >= 0.6 is 0 Å². The van der Waals surface area contributed by atoms with Crippen LogP contribution in [0.25, 0.3) is 0 Å². The van der Waals surface area contributed by atoms with Gasteiger partial charge in [0.2, 0.25) is 9.84 Å². The maximum Gasteiger partial charge on any atom is 0.218 e. The molecule has 2 N–H and O–H groups in total. The highest BCUT2D eigenvalue weighted by molar-refractivity contribution is 7.95. The van der Waals surface area contributed by atoms with Crippen molar-refractivity contribution in [2.24, 2.45) is 5.73 Å². The third-order valence-corrected chi connectivity index (χ3v) is 3.30. The van der Waals surface area contributed by atoms with Crippen molar-refractivity contribution in [2.45, 2.75) is 4.90 Å². The fourth-order valence-electron chi connectivity index (χ4n) is 0.914. The molecule has 1 aromatic carbocycles. The SMILES string of the molecule is N#C/C(=C\N)S(=O)(=O)c1ccccc1. The van der Waals surface area contributed by atoms with E-state index in [9.17, 15) is 8.42 Å². The second-order valence-electron chi connectivity index (χ2n) is 2.46. The van der Waals surface area contributed by atoms with Crippen LogP contribution in [0.15, 0.2) is 46.3 Å². The Balaban J connectivity index is 3.32. The first kappa shape index (κ1) is 10.3. The molecule has 0 aliphatic carbocycles. The van der Waals surface area contributed by atoms with Crippen LogP contribution in [0.1, 0.15) is 0 Å². The summed E-state index contributed by atoms with van der Waals surface area (Å²) in [7, 11) is -3.73. The van der Waals surface area contributed by atoms with Crippen molar-refractivity contribution in [1.29, 1.82) is 5.26 Å². The van der Waals surface area contributed by atoms with E-state index in [0.717, 1.165) is 6.20 Å². The first-order valence-electron chi connectivity index (χ1n) is 3.75. The summed E-state index contributed by atoms with van der Waals surface area (Å²) < 4.78 is 23.2. The summed E-state index contributed by atoms with van der Waals surface area (Å²) in [5.41, 5.74) is 5.04. The standard InChI is InChI=1S/C9H8N2O2S/c10-6-9(7-11)14(12,13)8-4-2-1-3-5-8/h1-6H,10H2/b9-6+. The summed E-state index contributed by atoms with van der Waals surface area (Å²) in [5, 5.41) is 8.55. The average molecular weight is 208 g/mol. The van der Waals surface area contributed by atoms with Gasteiger partial charge in [0.05, 0.1) is 4.90 Å². The Morgan fingerprint density at radius 1 is 1.36 bits per heavy atom.